The summed E-state index contributed by atoms with van der Waals surface area (Å²) in [5, 5.41) is 6.71. The predicted octanol–water partition coefficient (Wildman–Crippen LogP) is 4.59. The summed E-state index contributed by atoms with van der Waals surface area (Å²) >= 11 is 6.01. The molecule has 3 rings (SSSR count). The van der Waals surface area contributed by atoms with E-state index in [-0.39, 0.29) is 6.04 Å². The van der Waals surface area contributed by atoms with Crippen molar-refractivity contribution in [3.05, 3.63) is 77.1 Å². The molecule has 1 atom stereocenters. The maximum Gasteiger partial charge on any atom is 0.0582 e. The van der Waals surface area contributed by atoms with Crippen LogP contribution in [0.25, 0.3) is 10.8 Å². The fourth-order valence-electron chi connectivity index (χ4n) is 2.67. The third-order valence-corrected chi connectivity index (χ3v) is 3.89. The first-order chi connectivity index (χ1) is 10.3. The molecule has 1 heterocycles. The van der Waals surface area contributed by atoms with E-state index < -0.39 is 0 Å². The zero-order valence-corrected chi connectivity index (χ0v) is 12.6. The van der Waals surface area contributed by atoms with Gasteiger partial charge in [-0.15, -0.1) is 0 Å². The molecule has 0 saturated carbocycles. The van der Waals surface area contributed by atoms with Gasteiger partial charge in [-0.3, -0.25) is 4.98 Å². The summed E-state index contributed by atoms with van der Waals surface area (Å²) in [6.07, 6.45) is 3.75. The summed E-state index contributed by atoms with van der Waals surface area (Å²) in [5.74, 6) is 0. The maximum atomic E-state index is 6.01. The van der Waals surface area contributed by atoms with Gasteiger partial charge >= 0.3 is 0 Å². The van der Waals surface area contributed by atoms with Gasteiger partial charge in [-0.2, -0.15) is 0 Å². The van der Waals surface area contributed by atoms with Gasteiger partial charge < -0.3 is 5.32 Å². The lowest BCUT2D eigenvalue weighted by atomic mass is 9.94. The quantitative estimate of drug-likeness (QED) is 0.762. The molecular formula is C18H17ClN2. The number of fused-ring (bicyclic) bond motifs is 1. The Kier molecular flexibility index (Phi) is 4.18. The number of pyridine rings is 1. The average Bonchev–Trinajstić information content (AvgIpc) is 2.53. The molecule has 1 aromatic heterocycles. The molecule has 1 unspecified atom stereocenters. The molecule has 0 aliphatic carbocycles. The van der Waals surface area contributed by atoms with Crippen LogP contribution in [0.1, 0.15) is 24.1 Å². The van der Waals surface area contributed by atoms with Crippen LogP contribution in [0.15, 0.2) is 60.9 Å². The highest BCUT2D eigenvalue weighted by Crippen LogP contribution is 2.29. The summed E-state index contributed by atoms with van der Waals surface area (Å²) in [7, 11) is 0. The van der Waals surface area contributed by atoms with Gasteiger partial charge in [-0.25, -0.2) is 0 Å². The molecule has 21 heavy (non-hydrogen) atoms. The Labute approximate surface area is 129 Å². The van der Waals surface area contributed by atoms with E-state index in [1.807, 2.05) is 24.5 Å². The van der Waals surface area contributed by atoms with Gasteiger partial charge in [-0.1, -0.05) is 48.9 Å². The molecule has 2 nitrogen and oxygen atoms in total. The summed E-state index contributed by atoms with van der Waals surface area (Å²) in [6, 6.07) is 16.6. The molecule has 3 heteroatoms. The second-order valence-corrected chi connectivity index (χ2v) is 5.42. The molecule has 0 aliphatic rings. The number of rotatable bonds is 4. The summed E-state index contributed by atoms with van der Waals surface area (Å²) < 4.78 is 0. The van der Waals surface area contributed by atoms with Crippen LogP contribution in [-0.2, 0) is 0 Å². The van der Waals surface area contributed by atoms with Crippen molar-refractivity contribution in [3.8, 4) is 0 Å². The first-order valence-corrected chi connectivity index (χ1v) is 7.49. The lowest BCUT2D eigenvalue weighted by Gasteiger charge is -2.21. The monoisotopic (exact) mass is 296 g/mol. The maximum absolute atomic E-state index is 6.01. The van der Waals surface area contributed by atoms with Crippen LogP contribution in [0, 0.1) is 0 Å². The second-order valence-electron chi connectivity index (χ2n) is 4.99. The van der Waals surface area contributed by atoms with Crippen molar-refractivity contribution < 1.29 is 0 Å². The van der Waals surface area contributed by atoms with Gasteiger partial charge in [0.2, 0.25) is 0 Å². The zero-order chi connectivity index (χ0) is 14.7. The van der Waals surface area contributed by atoms with Crippen molar-refractivity contribution in [2.45, 2.75) is 13.0 Å². The minimum atomic E-state index is 0.151. The molecule has 0 fully saturated rings. The van der Waals surface area contributed by atoms with Crippen molar-refractivity contribution in [2.75, 3.05) is 6.54 Å². The van der Waals surface area contributed by atoms with E-state index >= 15 is 0 Å². The van der Waals surface area contributed by atoms with Crippen LogP contribution in [-0.4, -0.2) is 11.5 Å². The minimum Gasteiger partial charge on any atom is -0.307 e. The second kappa shape index (κ2) is 6.25. The van der Waals surface area contributed by atoms with Crippen molar-refractivity contribution in [2.24, 2.45) is 0 Å². The Morgan fingerprint density at radius 3 is 2.67 bits per heavy atom. The molecule has 106 valence electrons. The van der Waals surface area contributed by atoms with Crippen molar-refractivity contribution in [1.82, 2.24) is 10.3 Å². The molecule has 1 N–H and O–H groups in total. The van der Waals surface area contributed by atoms with E-state index in [0.717, 1.165) is 17.0 Å². The number of nitrogens with zero attached hydrogens (tertiary/aromatic N) is 1. The van der Waals surface area contributed by atoms with E-state index in [4.69, 9.17) is 11.6 Å². The summed E-state index contributed by atoms with van der Waals surface area (Å²) in [5.41, 5.74) is 2.48. The van der Waals surface area contributed by atoms with E-state index in [1.165, 1.54) is 16.5 Å². The Hall–Kier alpha value is -1.90. The number of hydrogen-bond acceptors (Lipinski definition) is 2. The lowest BCUT2D eigenvalue weighted by Crippen LogP contribution is -2.22. The van der Waals surface area contributed by atoms with Gasteiger partial charge in [0, 0.05) is 22.8 Å². The Morgan fingerprint density at radius 2 is 1.90 bits per heavy atom. The molecular weight excluding hydrogens is 280 g/mol. The fraction of sp³-hybridized carbons (Fsp3) is 0.167. The van der Waals surface area contributed by atoms with Crippen molar-refractivity contribution >= 4 is 22.4 Å². The number of hydrogen-bond donors (Lipinski definition) is 1. The Balaban J connectivity index is 2.13. The SMILES string of the molecule is CCNC(c1ccc(Cl)cc1)c1cccc2cnccc12. The number of aromatic nitrogens is 1. The molecule has 3 aromatic rings. The van der Waals surface area contributed by atoms with Crippen molar-refractivity contribution in [1.29, 1.82) is 0 Å². The third-order valence-electron chi connectivity index (χ3n) is 3.64. The summed E-state index contributed by atoms with van der Waals surface area (Å²) in [6.45, 7) is 3.02. The van der Waals surface area contributed by atoms with Crippen LogP contribution in [0.5, 0.6) is 0 Å². The predicted molar refractivity (Wildman–Crippen MR) is 88.7 cm³/mol. The van der Waals surface area contributed by atoms with Crippen LogP contribution >= 0.6 is 11.6 Å². The van der Waals surface area contributed by atoms with Gasteiger partial charge in [0.15, 0.2) is 0 Å². The average molecular weight is 297 g/mol. The van der Waals surface area contributed by atoms with Gasteiger partial charge in [-0.05, 0) is 41.3 Å². The smallest absolute Gasteiger partial charge is 0.0582 e. The Bertz CT molecular complexity index is 732. The molecule has 0 spiro atoms. The number of nitrogens with one attached hydrogen (secondary N) is 1. The van der Waals surface area contributed by atoms with E-state index in [9.17, 15) is 0 Å². The number of benzene rings is 2. The normalized spacial score (nSPS) is 12.5. The van der Waals surface area contributed by atoms with Gasteiger partial charge in [0.25, 0.3) is 0 Å². The third kappa shape index (κ3) is 2.92. The van der Waals surface area contributed by atoms with Crippen molar-refractivity contribution in [3.63, 3.8) is 0 Å². The molecule has 0 bridgehead atoms. The van der Waals surface area contributed by atoms with Crippen LogP contribution in [0.4, 0.5) is 0 Å². The topological polar surface area (TPSA) is 24.9 Å². The zero-order valence-electron chi connectivity index (χ0n) is 11.9. The standard InChI is InChI=1S/C18H17ClN2/c1-2-21-18(13-6-8-15(19)9-7-13)17-5-3-4-14-12-20-11-10-16(14)17/h3-12,18,21H,2H2,1H3. The first-order valence-electron chi connectivity index (χ1n) is 7.11. The van der Waals surface area contributed by atoms with E-state index in [0.29, 0.717) is 0 Å². The van der Waals surface area contributed by atoms with E-state index in [1.54, 1.807) is 0 Å². The first kappa shape index (κ1) is 14.1. The van der Waals surface area contributed by atoms with Gasteiger partial charge in [0.1, 0.15) is 0 Å². The largest absolute Gasteiger partial charge is 0.307 e. The van der Waals surface area contributed by atoms with Gasteiger partial charge in [0.05, 0.1) is 6.04 Å². The molecule has 0 saturated heterocycles. The highest BCUT2D eigenvalue weighted by Gasteiger charge is 2.15. The fourth-order valence-corrected chi connectivity index (χ4v) is 2.79. The highest BCUT2D eigenvalue weighted by atomic mass is 35.5. The molecule has 0 radical (unpaired) electrons. The minimum absolute atomic E-state index is 0.151. The molecule has 0 aliphatic heterocycles. The Morgan fingerprint density at radius 1 is 1.10 bits per heavy atom. The number of halogens is 1. The van der Waals surface area contributed by atoms with Crippen LogP contribution in [0.3, 0.4) is 0 Å². The van der Waals surface area contributed by atoms with Crippen LogP contribution in [0.2, 0.25) is 5.02 Å². The molecule has 0 amide bonds. The lowest BCUT2D eigenvalue weighted by molar-refractivity contribution is 0.634. The highest BCUT2D eigenvalue weighted by molar-refractivity contribution is 6.30. The van der Waals surface area contributed by atoms with E-state index in [2.05, 4.69) is 53.6 Å². The summed E-state index contributed by atoms with van der Waals surface area (Å²) in [4.78, 5) is 4.21. The van der Waals surface area contributed by atoms with Crippen LogP contribution < -0.4 is 5.32 Å². The molecule has 2 aromatic carbocycles.